The second kappa shape index (κ2) is 4.10. The van der Waals surface area contributed by atoms with Crippen molar-refractivity contribution in [3.05, 3.63) is 58.7 Å². The molecule has 0 bridgehead atoms. The first-order valence-corrected chi connectivity index (χ1v) is 7.14. The highest BCUT2D eigenvalue weighted by Gasteiger charge is 2.51. The molecule has 0 aromatic heterocycles. The van der Waals surface area contributed by atoms with Gasteiger partial charge in [0.1, 0.15) is 0 Å². The van der Waals surface area contributed by atoms with Crippen LogP contribution in [0.1, 0.15) is 27.0 Å². The Bertz CT molecular complexity index is 844. The number of para-hydroxylation sites is 1. The summed E-state index contributed by atoms with van der Waals surface area (Å²) in [6, 6.07) is 11.1. The SMILES string of the molecule is Cc1cc(C)c2c(c1)[C@@]1(NC(=O)c3ccccc3N1)C(=O)N2. The standard InChI is InChI=1S/C17H15N3O2/c1-9-7-10(2)14-12(8-9)17(16(22)18-14)19-13-6-4-3-5-11(13)15(21)20-17/h3-8,19H,1-2H3,(H,18,22)(H,20,21)/t17-/m1/s1. The molecule has 4 rings (SSSR count). The number of anilines is 2. The van der Waals surface area contributed by atoms with Crippen molar-refractivity contribution in [1.29, 1.82) is 0 Å². The van der Waals surface area contributed by atoms with Crippen LogP contribution in [0.5, 0.6) is 0 Å². The predicted octanol–water partition coefficient (Wildman–Crippen LogP) is 2.26. The maximum atomic E-state index is 12.6. The third-order valence-corrected chi connectivity index (χ3v) is 4.26. The lowest BCUT2D eigenvalue weighted by atomic mass is 9.93. The minimum Gasteiger partial charge on any atom is -0.350 e. The van der Waals surface area contributed by atoms with Gasteiger partial charge in [0.25, 0.3) is 11.8 Å². The molecule has 1 atom stereocenters. The first-order valence-electron chi connectivity index (χ1n) is 7.14. The van der Waals surface area contributed by atoms with Crippen molar-refractivity contribution in [2.45, 2.75) is 19.5 Å². The number of aryl methyl sites for hydroxylation is 2. The zero-order valence-corrected chi connectivity index (χ0v) is 12.3. The quantitative estimate of drug-likeness (QED) is 0.698. The Labute approximate surface area is 127 Å². The van der Waals surface area contributed by atoms with Gasteiger partial charge in [-0.2, -0.15) is 0 Å². The maximum Gasteiger partial charge on any atom is 0.275 e. The molecule has 0 aliphatic carbocycles. The van der Waals surface area contributed by atoms with Gasteiger partial charge in [-0.1, -0.05) is 23.8 Å². The average molecular weight is 293 g/mol. The van der Waals surface area contributed by atoms with E-state index in [1.807, 2.05) is 38.1 Å². The molecule has 22 heavy (non-hydrogen) atoms. The summed E-state index contributed by atoms with van der Waals surface area (Å²) in [5, 5.41) is 8.95. The fourth-order valence-electron chi connectivity index (χ4n) is 3.27. The summed E-state index contributed by atoms with van der Waals surface area (Å²) in [5.41, 5.74) is 3.52. The van der Waals surface area contributed by atoms with Crippen LogP contribution in [0.15, 0.2) is 36.4 Å². The Morgan fingerprint density at radius 1 is 1.00 bits per heavy atom. The number of benzene rings is 2. The van der Waals surface area contributed by atoms with Crippen molar-refractivity contribution < 1.29 is 9.59 Å². The molecule has 110 valence electrons. The van der Waals surface area contributed by atoms with Crippen LogP contribution in [0.2, 0.25) is 0 Å². The topological polar surface area (TPSA) is 70.2 Å². The summed E-state index contributed by atoms with van der Waals surface area (Å²) >= 11 is 0. The first-order chi connectivity index (χ1) is 10.5. The molecule has 2 amide bonds. The molecule has 2 aromatic rings. The van der Waals surface area contributed by atoms with Gasteiger partial charge in [-0.15, -0.1) is 0 Å². The monoisotopic (exact) mass is 293 g/mol. The van der Waals surface area contributed by atoms with Crippen LogP contribution in [0.25, 0.3) is 0 Å². The van der Waals surface area contributed by atoms with E-state index in [1.165, 1.54) is 0 Å². The van der Waals surface area contributed by atoms with E-state index in [2.05, 4.69) is 16.0 Å². The van der Waals surface area contributed by atoms with Crippen molar-refractivity contribution >= 4 is 23.2 Å². The number of amides is 2. The fraction of sp³-hybridized carbons (Fsp3) is 0.176. The van der Waals surface area contributed by atoms with E-state index in [1.54, 1.807) is 12.1 Å². The summed E-state index contributed by atoms with van der Waals surface area (Å²) in [5.74, 6) is -0.518. The van der Waals surface area contributed by atoms with Crippen molar-refractivity contribution in [2.75, 3.05) is 10.6 Å². The van der Waals surface area contributed by atoms with E-state index in [0.29, 0.717) is 11.3 Å². The highest BCUT2D eigenvalue weighted by molar-refractivity contribution is 6.14. The van der Waals surface area contributed by atoms with Gasteiger partial charge < -0.3 is 16.0 Å². The molecule has 0 radical (unpaired) electrons. The Kier molecular flexibility index (Phi) is 2.40. The number of hydrogen-bond donors (Lipinski definition) is 3. The Morgan fingerprint density at radius 3 is 2.59 bits per heavy atom. The molecule has 0 saturated carbocycles. The third kappa shape index (κ3) is 1.53. The van der Waals surface area contributed by atoms with E-state index >= 15 is 0 Å². The molecule has 2 aliphatic heterocycles. The van der Waals surface area contributed by atoms with Crippen molar-refractivity contribution in [3.8, 4) is 0 Å². The van der Waals surface area contributed by atoms with Crippen LogP contribution in [-0.4, -0.2) is 11.8 Å². The van der Waals surface area contributed by atoms with Crippen LogP contribution in [0.3, 0.4) is 0 Å². The molecule has 1 spiro atoms. The van der Waals surface area contributed by atoms with Gasteiger partial charge in [0.15, 0.2) is 0 Å². The van der Waals surface area contributed by atoms with Gasteiger partial charge in [0.05, 0.1) is 11.3 Å². The highest BCUT2D eigenvalue weighted by atomic mass is 16.2. The summed E-state index contributed by atoms with van der Waals surface area (Å²) in [6.07, 6.45) is 0. The summed E-state index contributed by atoms with van der Waals surface area (Å²) in [7, 11) is 0. The van der Waals surface area contributed by atoms with E-state index in [9.17, 15) is 9.59 Å². The molecule has 0 saturated heterocycles. The molecule has 0 fully saturated rings. The maximum absolute atomic E-state index is 12.6. The second-order valence-electron chi connectivity index (χ2n) is 5.83. The van der Waals surface area contributed by atoms with E-state index in [4.69, 9.17) is 0 Å². The van der Waals surface area contributed by atoms with E-state index < -0.39 is 5.66 Å². The van der Waals surface area contributed by atoms with Gasteiger partial charge in [-0.05, 0) is 37.6 Å². The molecule has 2 aromatic carbocycles. The number of nitrogens with one attached hydrogen (secondary N) is 3. The van der Waals surface area contributed by atoms with Gasteiger partial charge in [0.2, 0.25) is 5.66 Å². The predicted molar refractivity (Wildman–Crippen MR) is 83.8 cm³/mol. The number of carbonyl (C=O) groups excluding carboxylic acids is 2. The fourth-order valence-corrected chi connectivity index (χ4v) is 3.27. The molecular formula is C17H15N3O2. The molecule has 3 N–H and O–H groups in total. The van der Waals surface area contributed by atoms with Crippen LogP contribution < -0.4 is 16.0 Å². The summed E-state index contributed by atoms with van der Waals surface area (Å²) in [6.45, 7) is 3.92. The Balaban J connectivity index is 1.95. The van der Waals surface area contributed by atoms with Crippen LogP contribution in [0, 0.1) is 13.8 Å². The molecular weight excluding hydrogens is 278 g/mol. The number of carbonyl (C=O) groups is 2. The van der Waals surface area contributed by atoms with Gasteiger partial charge >= 0.3 is 0 Å². The lowest BCUT2D eigenvalue weighted by molar-refractivity contribution is -0.120. The second-order valence-corrected chi connectivity index (χ2v) is 5.83. The van der Waals surface area contributed by atoms with Gasteiger partial charge in [-0.3, -0.25) is 9.59 Å². The summed E-state index contributed by atoms with van der Waals surface area (Å²) in [4.78, 5) is 25.1. The minimum atomic E-state index is -1.24. The van der Waals surface area contributed by atoms with Crippen LogP contribution in [-0.2, 0) is 10.5 Å². The summed E-state index contributed by atoms with van der Waals surface area (Å²) < 4.78 is 0. The highest BCUT2D eigenvalue weighted by Crippen LogP contribution is 2.41. The number of fused-ring (bicyclic) bond motifs is 3. The van der Waals surface area contributed by atoms with Crippen LogP contribution in [0.4, 0.5) is 11.4 Å². The minimum absolute atomic E-state index is 0.253. The zero-order valence-electron chi connectivity index (χ0n) is 12.3. The molecule has 2 heterocycles. The largest absolute Gasteiger partial charge is 0.350 e. The zero-order chi connectivity index (χ0) is 15.5. The number of rotatable bonds is 0. The van der Waals surface area contributed by atoms with Gasteiger partial charge in [0, 0.05) is 11.3 Å². The molecule has 5 heteroatoms. The molecule has 0 unspecified atom stereocenters. The normalized spacial score (nSPS) is 21.7. The first kappa shape index (κ1) is 12.9. The average Bonchev–Trinajstić information content (AvgIpc) is 2.73. The van der Waals surface area contributed by atoms with Crippen LogP contribution >= 0.6 is 0 Å². The molecule has 2 aliphatic rings. The van der Waals surface area contributed by atoms with E-state index in [0.717, 1.165) is 22.4 Å². The lowest BCUT2D eigenvalue weighted by Crippen LogP contribution is -2.59. The number of hydrogen-bond acceptors (Lipinski definition) is 3. The Morgan fingerprint density at radius 2 is 1.77 bits per heavy atom. The van der Waals surface area contributed by atoms with Crippen molar-refractivity contribution in [1.82, 2.24) is 5.32 Å². The van der Waals surface area contributed by atoms with E-state index in [-0.39, 0.29) is 11.8 Å². The van der Waals surface area contributed by atoms with Gasteiger partial charge in [-0.25, -0.2) is 0 Å². The molecule has 5 nitrogen and oxygen atoms in total. The lowest BCUT2D eigenvalue weighted by Gasteiger charge is -2.35. The third-order valence-electron chi connectivity index (χ3n) is 4.26. The smallest absolute Gasteiger partial charge is 0.275 e. The van der Waals surface area contributed by atoms with Crippen molar-refractivity contribution in [3.63, 3.8) is 0 Å². The Hall–Kier alpha value is -2.82. The van der Waals surface area contributed by atoms with Crippen molar-refractivity contribution in [2.24, 2.45) is 0 Å².